The Balaban J connectivity index is 0. The van der Waals surface area contributed by atoms with E-state index in [-0.39, 0.29) is 18.9 Å². The predicted octanol–water partition coefficient (Wildman–Crippen LogP) is 0.929. The number of hydrogen-bond acceptors (Lipinski definition) is 1. The second-order valence-electron chi connectivity index (χ2n) is 0.908. The van der Waals surface area contributed by atoms with Crippen molar-refractivity contribution in [3.05, 3.63) is 0 Å². The Morgan fingerprint density at radius 3 is 2.17 bits per heavy atom. The molecule has 0 aromatic rings. The van der Waals surface area contributed by atoms with Crippen LogP contribution in [0.2, 0.25) is 0 Å². The van der Waals surface area contributed by atoms with Crippen LogP contribution in [-0.2, 0) is 0 Å². The van der Waals surface area contributed by atoms with E-state index in [2.05, 4.69) is 0 Å². The van der Waals surface area contributed by atoms with Crippen LogP contribution in [0.3, 0.4) is 0 Å². The minimum Gasteiger partial charge on any atom is -0.198 e. The molecule has 0 fully saturated rings. The second-order valence-corrected chi connectivity index (χ2v) is 0.908. The van der Waals surface area contributed by atoms with E-state index < -0.39 is 0 Å². The molecule has 0 atom stereocenters. The van der Waals surface area contributed by atoms with Crippen LogP contribution in [0.25, 0.3) is 0 Å². The van der Waals surface area contributed by atoms with Crippen LogP contribution >= 0.6 is 0 Å². The summed E-state index contributed by atoms with van der Waals surface area (Å²) in [7, 11) is 0. The zero-order valence-electron chi connectivity index (χ0n) is 4.36. The van der Waals surface area contributed by atoms with Gasteiger partial charge < -0.3 is 0 Å². The summed E-state index contributed by atoms with van der Waals surface area (Å²) < 4.78 is 0. The van der Waals surface area contributed by atoms with Gasteiger partial charge in [0.15, 0.2) is 0 Å². The Kier molecular flexibility index (Phi) is 14.0. The molecule has 6 heavy (non-hydrogen) atoms. The Hall–Kier alpha value is 0.0874. The second kappa shape index (κ2) is 8.92. The summed E-state index contributed by atoms with van der Waals surface area (Å²) in [6.45, 7) is 1.99. The van der Waals surface area contributed by atoms with Gasteiger partial charge in [-0.2, -0.15) is 5.26 Å². The summed E-state index contributed by atoms with van der Waals surface area (Å²) >= 11 is 0. The molecule has 0 unspecified atom stereocenters. The Bertz CT molecular complexity index is 46.0. The first-order valence-electron chi connectivity index (χ1n) is 1.78. The molecule has 1 nitrogen and oxygen atoms in total. The van der Waals surface area contributed by atoms with Crippen LogP contribution in [0, 0.1) is 11.3 Å². The summed E-state index contributed by atoms with van der Waals surface area (Å²) in [5, 5.41) is 7.82. The zero-order valence-corrected chi connectivity index (χ0v) is 4.36. The third-order valence-corrected chi connectivity index (χ3v) is 0.362. The molecule has 0 saturated heterocycles. The average molecular weight is 76.0 g/mol. The van der Waals surface area contributed by atoms with E-state index in [1.165, 1.54) is 0 Å². The van der Waals surface area contributed by atoms with Crippen LogP contribution < -0.4 is 0 Å². The van der Waals surface area contributed by atoms with Crippen molar-refractivity contribution in [3.63, 3.8) is 0 Å². The van der Waals surface area contributed by atoms with Gasteiger partial charge in [0, 0.05) is 25.3 Å². The molecule has 0 spiro atoms. The van der Waals surface area contributed by atoms with Gasteiger partial charge in [-0.05, 0) is 6.42 Å². The Morgan fingerprint density at radius 2 is 2.17 bits per heavy atom. The average Bonchev–Trinajstić information content (AvgIpc) is 1.41. The van der Waals surface area contributed by atoms with Crippen molar-refractivity contribution in [1.82, 2.24) is 0 Å². The SMILES string of the molecule is CCCC#N.[Li]. The monoisotopic (exact) mass is 76.1 g/mol. The molecule has 0 aliphatic heterocycles. The van der Waals surface area contributed by atoms with Crippen LogP contribution in [0.5, 0.6) is 0 Å². The van der Waals surface area contributed by atoms with Crippen LogP contribution in [0.4, 0.5) is 0 Å². The maximum Gasteiger partial charge on any atom is 0.0621 e. The Labute approximate surface area is 50.5 Å². The van der Waals surface area contributed by atoms with Crippen molar-refractivity contribution in [1.29, 1.82) is 5.26 Å². The van der Waals surface area contributed by atoms with Crippen molar-refractivity contribution >= 4 is 18.9 Å². The molecule has 0 heterocycles. The van der Waals surface area contributed by atoms with E-state index in [4.69, 9.17) is 5.26 Å². The van der Waals surface area contributed by atoms with Gasteiger partial charge in [0.05, 0.1) is 6.07 Å². The third-order valence-electron chi connectivity index (χ3n) is 0.362. The molecule has 0 saturated carbocycles. The van der Waals surface area contributed by atoms with E-state index in [1.807, 2.05) is 13.0 Å². The first-order chi connectivity index (χ1) is 2.41. The molecule has 0 aliphatic rings. The fourth-order valence-electron chi connectivity index (χ4n) is 0.112. The van der Waals surface area contributed by atoms with Gasteiger partial charge in [-0.15, -0.1) is 0 Å². The van der Waals surface area contributed by atoms with Crippen molar-refractivity contribution in [3.8, 4) is 6.07 Å². The maximum absolute atomic E-state index is 7.82. The summed E-state index contributed by atoms with van der Waals surface area (Å²) in [6.07, 6.45) is 1.68. The van der Waals surface area contributed by atoms with Crippen molar-refractivity contribution in [2.24, 2.45) is 0 Å². The van der Waals surface area contributed by atoms with Gasteiger partial charge in [0.25, 0.3) is 0 Å². The molecular weight excluding hydrogens is 69.0 g/mol. The third kappa shape index (κ3) is 8.94. The molecule has 0 aromatic carbocycles. The number of unbranched alkanes of at least 4 members (excludes halogenated alkanes) is 1. The van der Waals surface area contributed by atoms with Crippen LogP contribution in [0.15, 0.2) is 0 Å². The summed E-state index contributed by atoms with van der Waals surface area (Å²) in [6, 6.07) is 2.02. The molecule has 0 aromatic heterocycles. The molecule has 0 N–H and O–H groups in total. The van der Waals surface area contributed by atoms with E-state index in [9.17, 15) is 0 Å². The van der Waals surface area contributed by atoms with E-state index in [0.29, 0.717) is 6.42 Å². The van der Waals surface area contributed by atoms with Crippen molar-refractivity contribution < 1.29 is 0 Å². The first kappa shape index (κ1) is 9.43. The molecule has 0 amide bonds. The summed E-state index contributed by atoms with van der Waals surface area (Å²) in [5.41, 5.74) is 0. The molecule has 0 aliphatic carbocycles. The minimum atomic E-state index is 0. The number of nitrogens with zero attached hydrogens (tertiary/aromatic N) is 1. The largest absolute Gasteiger partial charge is 0.198 e. The van der Waals surface area contributed by atoms with E-state index in [0.717, 1.165) is 6.42 Å². The van der Waals surface area contributed by atoms with Gasteiger partial charge in [-0.1, -0.05) is 6.92 Å². The fraction of sp³-hybridized carbons (Fsp3) is 0.750. The van der Waals surface area contributed by atoms with Gasteiger partial charge >= 0.3 is 0 Å². The normalized spacial score (nSPS) is 5.33. The van der Waals surface area contributed by atoms with Crippen LogP contribution in [-0.4, -0.2) is 18.9 Å². The molecule has 2 heteroatoms. The molecule has 0 rings (SSSR count). The molecule has 1 radical (unpaired) electrons. The van der Waals surface area contributed by atoms with Crippen molar-refractivity contribution in [2.45, 2.75) is 19.8 Å². The van der Waals surface area contributed by atoms with Gasteiger partial charge in [0.2, 0.25) is 0 Å². The number of rotatable bonds is 1. The maximum atomic E-state index is 7.82. The smallest absolute Gasteiger partial charge is 0.0621 e. The fourth-order valence-corrected chi connectivity index (χ4v) is 0.112. The molecular formula is C4H7LiN. The number of hydrogen-bond donors (Lipinski definition) is 0. The van der Waals surface area contributed by atoms with Gasteiger partial charge in [-0.3, -0.25) is 0 Å². The van der Waals surface area contributed by atoms with Gasteiger partial charge in [-0.25, -0.2) is 0 Å². The predicted molar refractivity (Wildman–Crippen MR) is 26.3 cm³/mol. The quantitative estimate of drug-likeness (QED) is 0.426. The molecule has 0 bridgehead atoms. The minimum absolute atomic E-state index is 0. The topological polar surface area (TPSA) is 23.8 Å². The Morgan fingerprint density at radius 1 is 1.67 bits per heavy atom. The summed E-state index contributed by atoms with van der Waals surface area (Å²) in [5.74, 6) is 0. The van der Waals surface area contributed by atoms with Crippen LogP contribution in [0.1, 0.15) is 19.8 Å². The summed E-state index contributed by atoms with van der Waals surface area (Å²) in [4.78, 5) is 0. The van der Waals surface area contributed by atoms with Crippen molar-refractivity contribution in [2.75, 3.05) is 0 Å². The van der Waals surface area contributed by atoms with E-state index >= 15 is 0 Å². The first-order valence-corrected chi connectivity index (χ1v) is 1.78. The van der Waals surface area contributed by atoms with Gasteiger partial charge in [0.1, 0.15) is 0 Å². The van der Waals surface area contributed by atoms with E-state index in [1.54, 1.807) is 0 Å². The standard InChI is InChI=1S/C4H7N.Li/c1-2-3-4-5;/h2-3H2,1H3;. The number of nitriles is 1. The zero-order chi connectivity index (χ0) is 4.12. The molecule has 29 valence electrons.